The van der Waals surface area contributed by atoms with Crippen LogP contribution < -0.4 is 14.8 Å². The molecule has 0 aliphatic carbocycles. The summed E-state index contributed by atoms with van der Waals surface area (Å²) in [6.07, 6.45) is 1.27. The molecule has 2 aromatic carbocycles. The Labute approximate surface area is 170 Å². The second-order valence-electron chi connectivity index (χ2n) is 6.69. The van der Waals surface area contributed by atoms with Crippen molar-refractivity contribution in [1.82, 2.24) is 14.9 Å². The summed E-state index contributed by atoms with van der Waals surface area (Å²) in [7, 11) is 0. The SMILES string of the molecule is O=C(COc1ccc(-c2ccc(F)cc2)cc1)N[C@@H]1COc2nc([N+](=O)[O-])cn2C1. The monoisotopic (exact) mass is 412 g/mol. The molecule has 2 heterocycles. The Morgan fingerprint density at radius 1 is 1.23 bits per heavy atom. The normalized spacial score (nSPS) is 15.0. The molecular formula is C20H17FN4O5. The molecule has 1 aliphatic heterocycles. The fourth-order valence-corrected chi connectivity index (χ4v) is 3.08. The van der Waals surface area contributed by atoms with Crippen molar-refractivity contribution in [3.8, 4) is 22.9 Å². The maximum absolute atomic E-state index is 13.0. The van der Waals surface area contributed by atoms with E-state index in [0.29, 0.717) is 12.3 Å². The molecule has 1 aromatic heterocycles. The summed E-state index contributed by atoms with van der Waals surface area (Å²) >= 11 is 0. The first kappa shape index (κ1) is 19.4. The maximum atomic E-state index is 13.0. The fourth-order valence-electron chi connectivity index (χ4n) is 3.08. The van der Waals surface area contributed by atoms with E-state index in [0.717, 1.165) is 11.1 Å². The zero-order valence-corrected chi connectivity index (χ0v) is 15.7. The minimum Gasteiger partial charge on any atom is -0.484 e. The number of imidazole rings is 1. The van der Waals surface area contributed by atoms with E-state index in [-0.39, 0.29) is 42.8 Å². The molecule has 3 aromatic rings. The molecule has 0 radical (unpaired) electrons. The van der Waals surface area contributed by atoms with Gasteiger partial charge in [-0.05, 0) is 40.3 Å². The van der Waals surface area contributed by atoms with E-state index in [1.165, 1.54) is 22.9 Å². The predicted octanol–water partition coefficient (Wildman–Crippen LogP) is 2.55. The van der Waals surface area contributed by atoms with E-state index in [1.54, 1.807) is 24.3 Å². The van der Waals surface area contributed by atoms with Crippen molar-refractivity contribution < 1.29 is 23.6 Å². The van der Waals surface area contributed by atoms with Gasteiger partial charge in [-0.2, -0.15) is 0 Å². The third-order valence-corrected chi connectivity index (χ3v) is 4.51. The van der Waals surface area contributed by atoms with Crippen LogP contribution in [0.1, 0.15) is 0 Å². The number of aromatic nitrogens is 2. The largest absolute Gasteiger partial charge is 0.484 e. The van der Waals surface area contributed by atoms with Gasteiger partial charge < -0.3 is 24.9 Å². The molecule has 10 heteroatoms. The van der Waals surface area contributed by atoms with E-state index in [1.807, 2.05) is 12.1 Å². The van der Waals surface area contributed by atoms with Crippen molar-refractivity contribution in [3.63, 3.8) is 0 Å². The highest BCUT2D eigenvalue weighted by Crippen LogP contribution is 2.23. The number of hydrogen-bond acceptors (Lipinski definition) is 6. The van der Waals surface area contributed by atoms with Gasteiger partial charge in [-0.15, -0.1) is 0 Å². The molecule has 4 rings (SSSR count). The highest BCUT2D eigenvalue weighted by molar-refractivity contribution is 5.78. The first-order valence-electron chi connectivity index (χ1n) is 9.10. The minimum absolute atomic E-state index is 0.157. The van der Waals surface area contributed by atoms with Crippen LogP contribution in [0.4, 0.5) is 10.2 Å². The number of benzene rings is 2. The standard InChI is InChI=1S/C20H17FN4O5/c21-15-5-1-13(2-6-15)14-3-7-17(8-4-14)29-12-19(26)22-16-9-24-10-18(25(27)28)23-20(24)30-11-16/h1-8,10,16H,9,11-12H2,(H,22,26)/t16-/m0/s1. The Hall–Kier alpha value is -3.95. The summed E-state index contributed by atoms with van der Waals surface area (Å²) in [5.41, 5.74) is 1.77. The Morgan fingerprint density at radius 3 is 2.57 bits per heavy atom. The molecule has 1 N–H and O–H groups in total. The summed E-state index contributed by atoms with van der Waals surface area (Å²) in [5, 5.41) is 13.6. The second kappa shape index (κ2) is 8.19. The number of amides is 1. The molecular weight excluding hydrogens is 395 g/mol. The van der Waals surface area contributed by atoms with Crippen molar-refractivity contribution in [2.24, 2.45) is 0 Å². The molecule has 0 fully saturated rings. The number of ether oxygens (including phenoxy) is 2. The van der Waals surface area contributed by atoms with Crippen LogP contribution in [-0.4, -0.2) is 39.6 Å². The van der Waals surface area contributed by atoms with Gasteiger partial charge in [-0.25, -0.2) is 4.39 Å². The summed E-state index contributed by atoms with van der Waals surface area (Å²) in [6.45, 7) is 0.282. The Kier molecular flexibility index (Phi) is 5.29. The average Bonchev–Trinajstić information content (AvgIpc) is 3.17. The van der Waals surface area contributed by atoms with Crippen LogP contribution in [0.3, 0.4) is 0 Å². The van der Waals surface area contributed by atoms with Crippen molar-refractivity contribution >= 4 is 11.7 Å². The first-order chi connectivity index (χ1) is 14.5. The third-order valence-electron chi connectivity index (χ3n) is 4.51. The lowest BCUT2D eigenvalue weighted by Gasteiger charge is -2.23. The van der Waals surface area contributed by atoms with Crippen LogP contribution in [0.2, 0.25) is 0 Å². The van der Waals surface area contributed by atoms with Crippen LogP contribution in [-0.2, 0) is 11.3 Å². The van der Waals surface area contributed by atoms with Gasteiger partial charge in [0.05, 0.1) is 12.6 Å². The maximum Gasteiger partial charge on any atom is 0.414 e. The van der Waals surface area contributed by atoms with Crippen LogP contribution in [0.5, 0.6) is 11.8 Å². The van der Waals surface area contributed by atoms with Crippen molar-refractivity contribution in [1.29, 1.82) is 0 Å². The number of hydrogen-bond donors (Lipinski definition) is 1. The summed E-state index contributed by atoms with van der Waals surface area (Å²) in [4.78, 5) is 26.1. The van der Waals surface area contributed by atoms with Gasteiger partial charge in [0.1, 0.15) is 24.4 Å². The molecule has 0 bridgehead atoms. The van der Waals surface area contributed by atoms with Gasteiger partial charge in [-0.3, -0.25) is 9.36 Å². The molecule has 30 heavy (non-hydrogen) atoms. The van der Waals surface area contributed by atoms with E-state index >= 15 is 0 Å². The van der Waals surface area contributed by atoms with E-state index < -0.39 is 4.92 Å². The van der Waals surface area contributed by atoms with Crippen LogP contribution in [0.15, 0.2) is 54.7 Å². The molecule has 0 unspecified atom stereocenters. The Morgan fingerprint density at radius 2 is 1.90 bits per heavy atom. The lowest BCUT2D eigenvalue weighted by molar-refractivity contribution is -0.389. The second-order valence-corrected chi connectivity index (χ2v) is 6.69. The molecule has 0 saturated carbocycles. The molecule has 9 nitrogen and oxygen atoms in total. The van der Waals surface area contributed by atoms with Crippen LogP contribution >= 0.6 is 0 Å². The zero-order chi connectivity index (χ0) is 21.1. The number of fused-ring (bicyclic) bond motifs is 1. The Bertz CT molecular complexity index is 1070. The van der Waals surface area contributed by atoms with Crippen molar-refractivity contribution in [2.75, 3.05) is 13.2 Å². The number of carbonyl (C=O) groups is 1. The molecule has 1 atom stereocenters. The number of nitrogens with zero attached hydrogens (tertiary/aromatic N) is 3. The smallest absolute Gasteiger partial charge is 0.414 e. The Balaban J connectivity index is 1.28. The van der Waals surface area contributed by atoms with Crippen molar-refractivity contribution in [2.45, 2.75) is 12.6 Å². The number of nitrogens with one attached hydrogen (secondary N) is 1. The van der Waals surface area contributed by atoms with Crippen molar-refractivity contribution in [3.05, 3.63) is 70.7 Å². The fraction of sp³-hybridized carbons (Fsp3) is 0.200. The lowest BCUT2D eigenvalue weighted by atomic mass is 10.1. The summed E-state index contributed by atoms with van der Waals surface area (Å²) in [5.74, 6) is -0.423. The van der Waals surface area contributed by atoms with Gasteiger partial charge in [0.15, 0.2) is 6.61 Å². The number of halogens is 1. The molecule has 154 valence electrons. The van der Waals surface area contributed by atoms with Crippen LogP contribution in [0.25, 0.3) is 11.1 Å². The van der Waals surface area contributed by atoms with Gasteiger partial charge in [-0.1, -0.05) is 24.3 Å². The minimum atomic E-state index is -0.600. The van der Waals surface area contributed by atoms with E-state index in [9.17, 15) is 19.3 Å². The highest BCUT2D eigenvalue weighted by atomic mass is 19.1. The molecule has 1 amide bonds. The molecule has 0 saturated heterocycles. The van der Waals surface area contributed by atoms with E-state index in [2.05, 4.69) is 10.3 Å². The number of nitro groups is 1. The third kappa shape index (κ3) is 4.37. The average molecular weight is 412 g/mol. The van der Waals surface area contributed by atoms with Gasteiger partial charge in [0, 0.05) is 4.98 Å². The number of rotatable bonds is 6. The number of carbonyl (C=O) groups excluding carboxylic acids is 1. The topological polar surface area (TPSA) is 109 Å². The first-order valence-corrected chi connectivity index (χ1v) is 9.10. The van der Waals surface area contributed by atoms with Gasteiger partial charge in [0.2, 0.25) is 0 Å². The molecule has 0 spiro atoms. The lowest BCUT2D eigenvalue weighted by Crippen LogP contribution is -2.46. The quantitative estimate of drug-likeness (QED) is 0.492. The zero-order valence-electron chi connectivity index (χ0n) is 15.7. The summed E-state index contributed by atoms with van der Waals surface area (Å²) in [6, 6.07) is 13.1. The van der Waals surface area contributed by atoms with E-state index in [4.69, 9.17) is 9.47 Å². The van der Waals surface area contributed by atoms with Crippen LogP contribution in [0, 0.1) is 15.9 Å². The van der Waals surface area contributed by atoms with Gasteiger partial charge in [0.25, 0.3) is 5.91 Å². The van der Waals surface area contributed by atoms with Gasteiger partial charge >= 0.3 is 11.8 Å². The summed E-state index contributed by atoms with van der Waals surface area (Å²) < 4.78 is 25.4. The predicted molar refractivity (Wildman–Crippen MR) is 104 cm³/mol. The molecule has 1 aliphatic rings. The highest BCUT2D eigenvalue weighted by Gasteiger charge is 2.28.